The highest BCUT2D eigenvalue weighted by Crippen LogP contribution is 2.22. The fourth-order valence-electron chi connectivity index (χ4n) is 2.19. The Labute approximate surface area is 124 Å². The first-order chi connectivity index (χ1) is 9.88. The molecule has 0 unspecified atom stereocenters. The van der Waals surface area contributed by atoms with Crippen molar-refractivity contribution in [2.45, 2.75) is 27.3 Å². The monoisotopic (exact) mass is 286 g/mol. The van der Waals surface area contributed by atoms with Crippen LogP contribution in [0.2, 0.25) is 0 Å². The van der Waals surface area contributed by atoms with E-state index in [9.17, 15) is 9.18 Å². The lowest BCUT2D eigenvalue weighted by molar-refractivity contribution is 0.1000. The zero-order valence-corrected chi connectivity index (χ0v) is 12.5. The molecule has 0 aliphatic rings. The van der Waals surface area contributed by atoms with Gasteiger partial charge >= 0.3 is 0 Å². The van der Waals surface area contributed by atoms with Crippen molar-refractivity contribution in [2.24, 2.45) is 5.73 Å². The number of hydrogen-bond donors (Lipinski definition) is 2. The molecule has 0 aliphatic heterocycles. The molecule has 0 saturated heterocycles. The molecule has 2 aromatic carbocycles. The number of rotatable bonds is 4. The SMILES string of the molecule is Cc1ccc(C)c(CNc2cc(C(N)=O)cc(F)c2C)c1. The number of benzene rings is 2. The van der Waals surface area contributed by atoms with Crippen LogP contribution in [-0.2, 0) is 6.54 Å². The Morgan fingerprint density at radius 2 is 1.90 bits per heavy atom. The largest absolute Gasteiger partial charge is 0.381 e. The topological polar surface area (TPSA) is 55.1 Å². The van der Waals surface area contributed by atoms with Gasteiger partial charge in [0.25, 0.3) is 0 Å². The average molecular weight is 286 g/mol. The van der Waals surface area contributed by atoms with Crippen LogP contribution in [0.25, 0.3) is 0 Å². The summed E-state index contributed by atoms with van der Waals surface area (Å²) in [7, 11) is 0. The van der Waals surface area contributed by atoms with E-state index in [0.717, 1.165) is 11.1 Å². The molecule has 110 valence electrons. The Kier molecular flexibility index (Phi) is 4.26. The Morgan fingerprint density at radius 1 is 1.19 bits per heavy atom. The number of amides is 1. The summed E-state index contributed by atoms with van der Waals surface area (Å²) in [5.74, 6) is -1.07. The van der Waals surface area contributed by atoms with E-state index in [1.165, 1.54) is 11.6 Å². The van der Waals surface area contributed by atoms with Crippen LogP contribution in [0.15, 0.2) is 30.3 Å². The summed E-state index contributed by atoms with van der Waals surface area (Å²) in [4.78, 5) is 11.2. The minimum absolute atomic E-state index is 0.168. The molecule has 3 nitrogen and oxygen atoms in total. The molecule has 0 heterocycles. The van der Waals surface area contributed by atoms with Crippen molar-refractivity contribution >= 4 is 11.6 Å². The van der Waals surface area contributed by atoms with E-state index in [0.29, 0.717) is 17.8 Å². The number of halogens is 1. The van der Waals surface area contributed by atoms with Crippen molar-refractivity contribution in [3.8, 4) is 0 Å². The molecular weight excluding hydrogens is 267 g/mol. The molecule has 0 fully saturated rings. The molecule has 0 spiro atoms. The predicted molar refractivity (Wildman–Crippen MR) is 82.9 cm³/mol. The van der Waals surface area contributed by atoms with E-state index in [-0.39, 0.29) is 5.56 Å². The van der Waals surface area contributed by atoms with Gasteiger partial charge in [-0.05, 0) is 44.0 Å². The highest BCUT2D eigenvalue weighted by atomic mass is 19.1. The van der Waals surface area contributed by atoms with E-state index in [1.54, 1.807) is 13.0 Å². The lowest BCUT2D eigenvalue weighted by Gasteiger charge is -2.13. The quantitative estimate of drug-likeness (QED) is 0.904. The molecule has 21 heavy (non-hydrogen) atoms. The van der Waals surface area contributed by atoms with Crippen molar-refractivity contribution in [3.05, 3.63) is 64.0 Å². The summed E-state index contributed by atoms with van der Waals surface area (Å²) >= 11 is 0. The molecule has 0 bridgehead atoms. The second-order valence-corrected chi connectivity index (χ2v) is 5.28. The summed E-state index contributed by atoms with van der Waals surface area (Å²) in [6.45, 7) is 6.30. The van der Waals surface area contributed by atoms with Crippen molar-refractivity contribution in [3.63, 3.8) is 0 Å². The minimum atomic E-state index is -0.635. The normalized spacial score (nSPS) is 10.5. The van der Waals surface area contributed by atoms with Crippen molar-refractivity contribution in [1.82, 2.24) is 0 Å². The number of aryl methyl sites for hydroxylation is 2. The first-order valence-electron chi connectivity index (χ1n) is 6.78. The first kappa shape index (κ1) is 15.0. The van der Waals surface area contributed by atoms with E-state index in [1.807, 2.05) is 13.8 Å². The van der Waals surface area contributed by atoms with Gasteiger partial charge in [0.2, 0.25) is 5.91 Å². The maximum absolute atomic E-state index is 13.8. The van der Waals surface area contributed by atoms with Gasteiger partial charge in [0.05, 0.1) is 0 Å². The second kappa shape index (κ2) is 5.95. The number of hydrogen-bond acceptors (Lipinski definition) is 2. The summed E-state index contributed by atoms with van der Waals surface area (Å²) < 4.78 is 13.8. The van der Waals surface area contributed by atoms with Crippen LogP contribution in [0.1, 0.15) is 32.6 Å². The van der Waals surface area contributed by atoms with Crippen LogP contribution in [0.3, 0.4) is 0 Å². The zero-order valence-electron chi connectivity index (χ0n) is 12.5. The van der Waals surface area contributed by atoms with Crippen molar-refractivity contribution in [2.75, 3.05) is 5.32 Å². The number of anilines is 1. The van der Waals surface area contributed by atoms with Crippen LogP contribution < -0.4 is 11.1 Å². The zero-order chi connectivity index (χ0) is 15.6. The minimum Gasteiger partial charge on any atom is -0.381 e. The van der Waals surface area contributed by atoms with Crippen LogP contribution in [0, 0.1) is 26.6 Å². The van der Waals surface area contributed by atoms with E-state index < -0.39 is 11.7 Å². The molecule has 0 aliphatic carbocycles. The van der Waals surface area contributed by atoms with Gasteiger partial charge in [-0.25, -0.2) is 4.39 Å². The second-order valence-electron chi connectivity index (χ2n) is 5.28. The van der Waals surface area contributed by atoms with Gasteiger partial charge in [-0.3, -0.25) is 4.79 Å². The highest BCUT2D eigenvalue weighted by molar-refractivity contribution is 5.94. The lowest BCUT2D eigenvalue weighted by atomic mass is 10.0. The molecule has 0 aromatic heterocycles. The Balaban J connectivity index is 2.27. The summed E-state index contributed by atoms with van der Waals surface area (Å²) in [5, 5.41) is 3.19. The Bertz CT molecular complexity index is 695. The smallest absolute Gasteiger partial charge is 0.248 e. The van der Waals surface area contributed by atoms with Crippen molar-refractivity contribution in [1.29, 1.82) is 0 Å². The van der Waals surface area contributed by atoms with Gasteiger partial charge in [-0.2, -0.15) is 0 Å². The molecule has 0 atom stereocenters. The molecule has 2 rings (SSSR count). The number of nitrogens with two attached hydrogens (primary N) is 1. The number of primary amides is 1. The Morgan fingerprint density at radius 3 is 2.57 bits per heavy atom. The summed E-state index contributed by atoms with van der Waals surface area (Å²) in [6.07, 6.45) is 0. The molecular formula is C17H19FN2O. The van der Waals surface area contributed by atoms with Gasteiger partial charge in [-0.15, -0.1) is 0 Å². The van der Waals surface area contributed by atoms with E-state index in [4.69, 9.17) is 5.73 Å². The molecule has 0 radical (unpaired) electrons. The standard InChI is InChI=1S/C17H19FN2O/c1-10-4-5-11(2)14(6-10)9-20-16-8-13(17(19)21)7-15(18)12(16)3/h4-8,20H,9H2,1-3H3,(H2,19,21). The average Bonchev–Trinajstić information content (AvgIpc) is 2.43. The molecule has 1 amide bonds. The van der Waals surface area contributed by atoms with E-state index >= 15 is 0 Å². The summed E-state index contributed by atoms with van der Waals surface area (Å²) in [5.41, 5.74) is 9.93. The molecule has 4 heteroatoms. The number of carbonyl (C=O) groups excluding carboxylic acids is 1. The van der Waals surface area contributed by atoms with Gasteiger partial charge in [0, 0.05) is 23.4 Å². The van der Waals surface area contributed by atoms with Gasteiger partial charge in [0.1, 0.15) is 5.82 Å². The summed E-state index contributed by atoms with van der Waals surface area (Å²) in [6, 6.07) is 8.95. The van der Waals surface area contributed by atoms with Gasteiger partial charge in [0.15, 0.2) is 0 Å². The fraction of sp³-hybridized carbons (Fsp3) is 0.235. The maximum atomic E-state index is 13.8. The van der Waals surface area contributed by atoms with Crippen LogP contribution >= 0.6 is 0 Å². The van der Waals surface area contributed by atoms with E-state index in [2.05, 4.69) is 23.5 Å². The van der Waals surface area contributed by atoms with Crippen molar-refractivity contribution < 1.29 is 9.18 Å². The third-order valence-corrected chi connectivity index (χ3v) is 3.60. The predicted octanol–water partition coefficient (Wildman–Crippen LogP) is 3.46. The van der Waals surface area contributed by atoms with Crippen LogP contribution in [0.5, 0.6) is 0 Å². The number of nitrogens with one attached hydrogen (secondary N) is 1. The van der Waals surface area contributed by atoms with Crippen LogP contribution in [-0.4, -0.2) is 5.91 Å². The highest BCUT2D eigenvalue weighted by Gasteiger charge is 2.10. The maximum Gasteiger partial charge on any atom is 0.248 e. The first-order valence-corrected chi connectivity index (χ1v) is 6.78. The Hall–Kier alpha value is -2.36. The lowest BCUT2D eigenvalue weighted by Crippen LogP contribution is -2.13. The third-order valence-electron chi connectivity index (χ3n) is 3.60. The van der Waals surface area contributed by atoms with Crippen LogP contribution in [0.4, 0.5) is 10.1 Å². The van der Waals surface area contributed by atoms with Gasteiger partial charge < -0.3 is 11.1 Å². The fourth-order valence-corrected chi connectivity index (χ4v) is 2.19. The third kappa shape index (κ3) is 3.40. The molecule has 2 aromatic rings. The van der Waals surface area contributed by atoms with Gasteiger partial charge in [-0.1, -0.05) is 23.8 Å². The number of carbonyl (C=O) groups is 1. The molecule has 0 saturated carbocycles. The molecule has 3 N–H and O–H groups in total.